The molecule has 0 fully saturated rings. The summed E-state index contributed by atoms with van der Waals surface area (Å²) < 4.78 is 0. The van der Waals surface area contributed by atoms with Crippen molar-refractivity contribution in [1.82, 2.24) is 4.90 Å². The molecule has 1 amide bonds. The van der Waals surface area contributed by atoms with Crippen molar-refractivity contribution in [2.75, 3.05) is 13.1 Å². The molecule has 3 atom stereocenters. The zero-order chi connectivity index (χ0) is 14.1. The molecule has 2 N–H and O–H groups in total. The fourth-order valence-electron chi connectivity index (χ4n) is 2.06. The van der Waals surface area contributed by atoms with E-state index >= 15 is 0 Å². The van der Waals surface area contributed by atoms with Gasteiger partial charge in [0.2, 0.25) is 5.91 Å². The van der Waals surface area contributed by atoms with Gasteiger partial charge in [0.1, 0.15) is 0 Å². The van der Waals surface area contributed by atoms with Crippen molar-refractivity contribution in [1.29, 1.82) is 0 Å². The minimum Gasteiger partial charge on any atom is -0.342 e. The van der Waals surface area contributed by atoms with Crippen LogP contribution >= 0.6 is 0 Å². The van der Waals surface area contributed by atoms with E-state index in [4.69, 9.17) is 5.73 Å². The Labute approximate surface area is 113 Å². The van der Waals surface area contributed by atoms with Gasteiger partial charge in [0, 0.05) is 25.0 Å². The monoisotopic (exact) mass is 256 g/mol. The third-order valence-corrected chi connectivity index (χ3v) is 3.64. The molecule has 108 valence electrons. The van der Waals surface area contributed by atoms with Gasteiger partial charge >= 0.3 is 0 Å². The molecule has 3 unspecified atom stereocenters. The quantitative estimate of drug-likeness (QED) is 0.689. The van der Waals surface area contributed by atoms with Gasteiger partial charge in [-0.2, -0.15) is 0 Å². The van der Waals surface area contributed by atoms with Crippen LogP contribution in [0.1, 0.15) is 60.3 Å². The van der Waals surface area contributed by atoms with Gasteiger partial charge in [0.25, 0.3) is 0 Å². The molecule has 0 aliphatic carbocycles. The summed E-state index contributed by atoms with van der Waals surface area (Å²) in [7, 11) is 0. The topological polar surface area (TPSA) is 46.3 Å². The number of rotatable bonds is 9. The smallest absolute Gasteiger partial charge is 0.225 e. The van der Waals surface area contributed by atoms with Gasteiger partial charge in [-0.05, 0) is 32.6 Å². The molecule has 3 heteroatoms. The maximum atomic E-state index is 12.3. The molecule has 0 radical (unpaired) electrons. The van der Waals surface area contributed by atoms with Crippen LogP contribution in [0.5, 0.6) is 0 Å². The molecule has 0 saturated carbocycles. The lowest BCUT2D eigenvalue weighted by atomic mass is 10.00. The zero-order valence-electron chi connectivity index (χ0n) is 12.9. The largest absolute Gasteiger partial charge is 0.342 e. The molecule has 0 rings (SSSR count). The third kappa shape index (κ3) is 7.00. The van der Waals surface area contributed by atoms with E-state index in [1.807, 2.05) is 18.7 Å². The molecule has 0 aliphatic rings. The zero-order valence-corrected chi connectivity index (χ0v) is 12.9. The lowest BCUT2D eigenvalue weighted by molar-refractivity contribution is -0.135. The minimum atomic E-state index is 0.132. The molecule has 0 spiro atoms. The average molecular weight is 256 g/mol. The van der Waals surface area contributed by atoms with Gasteiger partial charge < -0.3 is 10.6 Å². The van der Waals surface area contributed by atoms with E-state index in [1.54, 1.807) is 0 Å². The molecule has 0 bridgehead atoms. The molecular weight excluding hydrogens is 224 g/mol. The van der Waals surface area contributed by atoms with Gasteiger partial charge in [0.15, 0.2) is 0 Å². The number of hydrogen-bond donors (Lipinski definition) is 1. The highest BCUT2D eigenvalue weighted by atomic mass is 16.2. The predicted octanol–water partition coefficient (Wildman–Crippen LogP) is 3.03. The Kier molecular flexibility index (Phi) is 9.08. The summed E-state index contributed by atoms with van der Waals surface area (Å²) in [6, 6.07) is 0.245. The van der Waals surface area contributed by atoms with E-state index in [0.717, 1.165) is 38.8 Å². The van der Waals surface area contributed by atoms with Crippen molar-refractivity contribution in [3.05, 3.63) is 0 Å². The van der Waals surface area contributed by atoms with Crippen molar-refractivity contribution < 1.29 is 4.79 Å². The first kappa shape index (κ1) is 17.4. The van der Waals surface area contributed by atoms with Gasteiger partial charge in [-0.25, -0.2) is 0 Å². The standard InChI is InChI=1S/C15H32N2O/c1-6-12(3)11-17(7-2)15(18)13(4)9-8-10-14(5)16/h12-14H,6-11,16H2,1-5H3. The number of nitrogens with zero attached hydrogens (tertiary/aromatic N) is 1. The number of hydrogen-bond acceptors (Lipinski definition) is 2. The maximum absolute atomic E-state index is 12.3. The highest BCUT2D eigenvalue weighted by molar-refractivity contribution is 5.78. The third-order valence-electron chi connectivity index (χ3n) is 3.64. The van der Waals surface area contributed by atoms with E-state index < -0.39 is 0 Å². The Bertz CT molecular complexity index is 229. The summed E-state index contributed by atoms with van der Waals surface area (Å²) in [5, 5.41) is 0. The molecule has 0 aliphatic heterocycles. The van der Waals surface area contributed by atoms with Crippen LogP contribution in [0.4, 0.5) is 0 Å². The Morgan fingerprint density at radius 1 is 1.17 bits per heavy atom. The summed E-state index contributed by atoms with van der Waals surface area (Å²) in [5.74, 6) is 1.03. The summed E-state index contributed by atoms with van der Waals surface area (Å²) in [4.78, 5) is 14.3. The van der Waals surface area contributed by atoms with E-state index in [2.05, 4.69) is 20.8 Å². The molecule has 18 heavy (non-hydrogen) atoms. The Hall–Kier alpha value is -0.570. The van der Waals surface area contributed by atoms with E-state index in [1.165, 1.54) is 0 Å². The van der Waals surface area contributed by atoms with Crippen molar-refractivity contribution in [3.8, 4) is 0 Å². The van der Waals surface area contributed by atoms with Crippen LogP contribution < -0.4 is 5.73 Å². The first-order valence-electron chi connectivity index (χ1n) is 7.46. The van der Waals surface area contributed by atoms with E-state index in [-0.39, 0.29) is 12.0 Å². The summed E-state index contributed by atoms with van der Waals surface area (Å²) >= 11 is 0. The molecular formula is C15H32N2O. The fourth-order valence-corrected chi connectivity index (χ4v) is 2.06. The van der Waals surface area contributed by atoms with Crippen molar-refractivity contribution in [2.45, 2.75) is 66.3 Å². The molecule has 0 aromatic heterocycles. The Morgan fingerprint density at radius 3 is 2.22 bits per heavy atom. The summed E-state index contributed by atoms with van der Waals surface area (Å²) in [6.07, 6.45) is 4.14. The van der Waals surface area contributed by atoms with Gasteiger partial charge in [0.05, 0.1) is 0 Å². The predicted molar refractivity (Wildman–Crippen MR) is 78.4 cm³/mol. The van der Waals surface area contributed by atoms with Crippen molar-refractivity contribution in [3.63, 3.8) is 0 Å². The Morgan fingerprint density at radius 2 is 1.78 bits per heavy atom. The van der Waals surface area contributed by atoms with Gasteiger partial charge in [-0.3, -0.25) is 4.79 Å². The van der Waals surface area contributed by atoms with Gasteiger partial charge in [-0.1, -0.05) is 33.6 Å². The van der Waals surface area contributed by atoms with Crippen molar-refractivity contribution in [2.24, 2.45) is 17.6 Å². The number of nitrogens with two attached hydrogens (primary N) is 1. The Balaban J connectivity index is 4.14. The van der Waals surface area contributed by atoms with Crippen LogP contribution in [0.3, 0.4) is 0 Å². The van der Waals surface area contributed by atoms with Crippen LogP contribution in [-0.2, 0) is 4.79 Å². The maximum Gasteiger partial charge on any atom is 0.225 e. The first-order valence-corrected chi connectivity index (χ1v) is 7.46. The molecule has 0 aromatic rings. The highest BCUT2D eigenvalue weighted by Crippen LogP contribution is 2.14. The van der Waals surface area contributed by atoms with E-state index in [9.17, 15) is 4.79 Å². The number of carbonyl (C=O) groups excluding carboxylic acids is 1. The van der Waals surface area contributed by atoms with Crippen LogP contribution in [-0.4, -0.2) is 29.9 Å². The molecule has 0 saturated heterocycles. The second-order valence-electron chi connectivity index (χ2n) is 5.70. The second-order valence-corrected chi connectivity index (χ2v) is 5.70. The van der Waals surface area contributed by atoms with Crippen molar-refractivity contribution >= 4 is 5.91 Å². The SMILES string of the molecule is CCC(C)CN(CC)C(=O)C(C)CCCC(C)N. The fraction of sp³-hybridized carbons (Fsp3) is 0.933. The average Bonchev–Trinajstić information content (AvgIpc) is 2.34. The van der Waals surface area contributed by atoms with Gasteiger partial charge in [-0.15, -0.1) is 0 Å². The van der Waals surface area contributed by atoms with E-state index in [0.29, 0.717) is 11.8 Å². The first-order chi connectivity index (χ1) is 8.42. The van der Waals surface area contributed by atoms with Crippen LogP contribution in [0.25, 0.3) is 0 Å². The highest BCUT2D eigenvalue weighted by Gasteiger charge is 2.20. The van der Waals surface area contributed by atoms with Crippen LogP contribution in [0.2, 0.25) is 0 Å². The van der Waals surface area contributed by atoms with Crippen LogP contribution in [0, 0.1) is 11.8 Å². The number of carbonyl (C=O) groups is 1. The second kappa shape index (κ2) is 9.37. The molecule has 3 nitrogen and oxygen atoms in total. The summed E-state index contributed by atoms with van der Waals surface area (Å²) in [6.45, 7) is 12.2. The number of amides is 1. The minimum absolute atomic E-state index is 0.132. The lowest BCUT2D eigenvalue weighted by Crippen LogP contribution is -2.38. The summed E-state index contributed by atoms with van der Waals surface area (Å²) in [5.41, 5.74) is 5.73. The normalized spacial score (nSPS) is 16.1. The molecule has 0 heterocycles. The molecule has 0 aromatic carbocycles. The lowest BCUT2D eigenvalue weighted by Gasteiger charge is -2.27. The van der Waals surface area contributed by atoms with Crippen LogP contribution in [0.15, 0.2) is 0 Å².